The van der Waals surface area contributed by atoms with Gasteiger partial charge in [0, 0.05) is 44.8 Å². The third-order valence-corrected chi connectivity index (χ3v) is 5.44. The number of urea groups is 1. The average Bonchev–Trinajstić information content (AvgIpc) is 2.78. The summed E-state index contributed by atoms with van der Waals surface area (Å²) in [5, 5.41) is 2.97. The average molecular weight is 411 g/mol. The number of hydrogen-bond donors (Lipinski definition) is 2. The third-order valence-electron chi connectivity index (χ3n) is 5.44. The lowest BCUT2D eigenvalue weighted by atomic mass is 10.1. The molecule has 0 unspecified atom stereocenters. The molecular formula is C23H30N4O3. The second-order valence-corrected chi connectivity index (χ2v) is 7.47. The van der Waals surface area contributed by atoms with Gasteiger partial charge in [0.1, 0.15) is 5.75 Å². The Kier molecular flexibility index (Phi) is 7.68. The van der Waals surface area contributed by atoms with Crippen LogP contribution in [-0.4, -0.2) is 68.1 Å². The van der Waals surface area contributed by atoms with E-state index in [-0.39, 0.29) is 6.03 Å². The second kappa shape index (κ2) is 10.6. The molecule has 1 heterocycles. The van der Waals surface area contributed by atoms with Gasteiger partial charge in [-0.25, -0.2) is 4.79 Å². The molecule has 0 bridgehead atoms. The van der Waals surface area contributed by atoms with Gasteiger partial charge in [0.2, 0.25) is 5.91 Å². The van der Waals surface area contributed by atoms with Crippen molar-refractivity contribution in [1.82, 2.24) is 15.1 Å². The highest BCUT2D eigenvalue weighted by Gasteiger charge is 2.20. The van der Waals surface area contributed by atoms with E-state index in [1.165, 1.54) is 5.56 Å². The van der Waals surface area contributed by atoms with Crippen LogP contribution in [0.3, 0.4) is 0 Å². The number of ether oxygens (including phenoxy) is 1. The first-order valence-corrected chi connectivity index (χ1v) is 10.3. The van der Waals surface area contributed by atoms with Crippen LogP contribution in [0, 0.1) is 0 Å². The van der Waals surface area contributed by atoms with Crippen molar-refractivity contribution in [2.24, 2.45) is 5.73 Å². The van der Waals surface area contributed by atoms with E-state index >= 15 is 0 Å². The smallest absolute Gasteiger partial charge is 0.317 e. The Morgan fingerprint density at radius 2 is 1.73 bits per heavy atom. The van der Waals surface area contributed by atoms with Crippen LogP contribution in [0.5, 0.6) is 5.75 Å². The maximum absolute atomic E-state index is 12.4. The van der Waals surface area contributed by atoms with Crippen molar-refractivity contribution in [2.45, 2.75) is 12.8 Å². The number of nitrogens with two attached hydrogens (primary N) is 1. The number of carbonyl (C=O) groups is 2. The highest BCUT2D eigenvalue weighted by Crippen LogP contribution is 2.12. The van der Waals surface area contributed by atoms with Crippen LogP contribution in [0.25, 0.3) is 0 Å². The standard InChI is InChI=1S/C23H30N4O3/c1-30-21-7-5-18(6-8-21)10-12-26-13-15-27(16-14-26)23(29)25-11-9-19-3-2-4-20(17-19)22(24)28/h2-8,17H,9-16H2,1H3,(H2,24,28)(H,25,29). The predicted molar refractivity (Wildman–Crippen MR) is 117 cm³/mol. The summed E-state index contributed by atoms with van der Waals surface area (Å²) in [6.07, 6.45) is 1.65. The normalized spacial score (nSPS) is 14.4. The molecule has 1 fully saturated rings. The Hall–Kier alpha value is -3.06. The summed E-state index contributed by atoms with van der Waals surface area (Å²) in [6, 6.07) is 15.3. The summed E-state index contributed by atoms with van der Waals surface area (Å²) >= 11 is 0. The molecule has 2 aromatic rings. The second-order valence-electron chi connectivity index (χ2n) is 7.47. The van der Waals surface area contributed by atoms with Gasteiger partial charge >= 0.3 is 6.03 Å². The molecule has 3 N–H and O–H groups in total. The molecule has 160 valence electrons. The quantitative estimate of drug-likeness (QED) is 0.696. The van der Waals surface area contributed by atoms with Gasteiger partial charge in [-0.2, -0.15) is 0 Å². The molecule has 7 nitrogen and oxygen atoms in total. The molecule has 0 radical (unpaired) electrons. The van der Waals surface area contributed by atoms with E-state index in [0.717, 1.165) is 50.5 Å². The van der Waals surface area contributed by atoms with E-state index in [0.29, 0.717) is 18.5 Å². The highest BCUT2D eigenvalue weighted by molar-refractivity contribution is 5.92. The number of hydrogen-bond acceptors (Lipinski definition) is 4. The topological polar surface area (TPSA) is 87.9 Å². The number of rotatable bonds is 8. The van der Waals surface area contributed by atoms with Gasteiger partial charge in [-0.1, -0.05) is 24.3 Å². The SMILES string of the molecule is COc1ccc(CCN2CCN(C(=O)NCCc3cccc(C(N)=O)c3)CC2)cc1. The lowest BCUT2D eigenvalue weighted by Crippen LogP contribution is -2.52. The van der Waals surface area contributed by atoms with Crippen molar-refractivity contribution in [1.29, 1.82) is 0 Å². The van der Waals surface area contributed by atoms with E-state index in [9.17, 15) is 9.59 Å². The first kappa shape index (κ1) is 21.6. The number of methoxy groups -OCH3 is 1. The molecule has 0 saturated carbocycles. The van der Waals surface area contributed by atoms with E-state index in [1.54, 1.807) is 19.2 Å². The first-order valence-electron chi connectivity index (χ1n) is 10.3. The minimum absolute atomic E-state index is 0.0316. The number of primary amides is 1. The van der Waals surface area contributed by atoms with Crippen molar-refractivity contribution in [3.05, 3.63) is 65.2 Å². The predicted octanol–water partition coefficient (Wildman–Crippen LogP) is 1.91. The maximum Gasteiger partial charge on any atom is 0.317 e. The van der Waals surface area contributed by atoms with E-state index < -0.39 is 5.91 Å². The van der Waals surface area contributed by atoms with Crippen LogP contribution < -0.4 is 15.8 Å². The molecule has 30 heavy (non-hydrogen) atoms. The van der Waals surface area contributed by atoms with Crippen LogP contribution in [0.2, 0.25) is 0 Å². The van der Waals surface area contributed by atoms with Gasteiger partial charge < -0.3 is 20.7 Å². The van der Waals surface area contributed by atoms with Crippen molar-refractivity contribution in [3.63, 3.8) is 0 Å². The third kappa shape index (κ3) is 6.22. The van der Waals surface area contributed by atoms with Crippen LogP contribution in [0.15, 0.2) is 48.5 Å². The largest absolute Gasteiger partial charge is 0.497 e. The van der Waals surface area contributed by atoms with Crippen molar-refractivity contribution < 1.29 is 14.3 Å². The summed E-state index contributed by atoms with van der Waals surface area (Å²) in [5.41, 5.74) is 8.07. The van der Waals surface area contributed by atoms with Gasteiger partial charge in [-0.05, 0) is 48.2 Å². The Labute approximate surface area is 177 Å². The van der Waals surface area contributed by atoms with Crippen LogP contribution in [0.4, 0.5) is 4.79 Å². The summed E-state index contributed by atoms with van der Waals surface area (Å²) in [6.45, 7) is 4.72. The maximum atomic E-state index is 12.4. The molecule has 0 atom stereocenters. The fourth-order valence-corrected chi connectivity index (χ4v) is 3.56. The van der Waals surface area contributed by atoms with Crippen molar-refractivity contribution in [3.8, 4) is 5.75 Å². The summed E-state index contributed by atoms with van der Waals surface area (Å²) in [4.78, 5) is 27.9. The molecular weight excluding hydrogens is 380 g/mol. The zero-order chi connectivity index (χ0) is 21.3. The molecule has 7 heteroatoms. The molecule has 1 saturated heterocycles. The number of amides is 3. The fourth-order valence-electron chi connectivity index (χ4n) is 3.56. The molecule has 3 rings (SSSR count). The van der Waals surface area contributed by atoms with E-state index in [1.807, 2.05) is 29.2 Å². The molecule has 2 aromatic carbocycles. The summed E-state index contributed by atoms with van der Waals surface area (Å²) < 4.78 is 5.19. The van der Waals surface area contributed by atoms with Crippen LogP contribution >= 0.6 is 0 Å². The lowest BCUT2D eigenvalue weighted by molar-refractivity contribution is 0.1000. The molecule has 0 aliphatic carbocycles. The fraction of sp³-hybridized carbons (Fsp3) is 0.391. The van der Waals surface area contributed by atoms with E-state index in [2.05, 4.69) is 22.3 Å². The van der Waals surface area contributed by atoms with Gasteiger partial charge in [-0.3, -0.25) is 9.69 Å². The summed E-state index contributed by atoms with van der Waals surface area (Å²) in [7, 11) is 1.67. The number of carbonyl (C=O) groups excluding carboxylic acids is 2. The lowest BCUT2D eigenvalue weighted by Gasteiger charge is -2.34. The van der Waals surface area contributed by atoms with Gasteiger partial charge in [0.05, 0.1) is 7.11 Å². The Morgan fingerprint density at radius 3 is 2.40 bits per heavy atom. The van der Waals surface area contributed by atoms with E-state index in [4.69, 9.17) is 10.5 Å². The summed E-state index contributed by atoms with van der Waals surface area (Å²) in [5.74, 6) is 0.435. The monoisotopic (exact) mass is 410 g/mol. The van der Waals surface area contributed by atoms with Crippen LogP contribution in [0.1, 0.15) is 21.5 Å². The minimum Gasteiger partial charge on any atom is -0.497 e. The van der Waals surface area contributed by atoms with Gasteiger partial charge in [-0.15, -0.1) is 0 Å². The first-order chi connectivity index (χ1) is 14.5. The van der Waals surface area contributed by atoms with Gasteiger partial charge in [0.25, 0.3) is 0 Å². The number of nitrogens with one attached hydrogen (secondary N) is 1. The Morgan fingerprint density at radius 1 is 1.00 bits per heavy atom. The molecule has 3 amide bonds. The number of piperazine rings is 1. The molecule has 0 spiro atoms. The zero-order valence-corrected chi connectivity index (χ0v) is 17.5. The highest BCUT2D eigenvalue weighted by atomic mass is 16.5. The van der Waals surface area contributed by atoms with Crippen LogP contribution in [-0.2, 0) is 12.8 Å². The van der Waals surface area contributed by atoms with Gasteiger partial charge in [0.15, 0.2) is 0 Å². The van der Waals surface area contributed by atoms with Crippen molar-refractivity contribution >= 4 is 11.9 Å². The Bertz CT molecular complexity index is 846. The Balaban J connectivity index is 1.35. The van der Waals surface area contributed by atoms with Crippen molar-refractivity contribution in [2.75, 3.05) is 46.4 Å². The number of benzene rings is 2. The zero-order valence-electron chi connectivity index (χ0n) is 17.5. The molecule has 1 aliphatic heterocycles. The number of nitrogens with zero attached hydrogens (tertiary/aromatic N) is 2. The minimum atomic E-state index is -0.439. The molecule has 1 aliphatic rings. The molecule has 0 aromatic heterocycles.